The van der Waals surface area contributed by atoms with E-state index in [9.17, 15) is 4.79 Å². The van der Waals surface area contributed by atoms with Crippen molar-refractivity contribution in [3.63, 3.8) is 0 Å². The van der Waals surface area contributed by atoms with E-state index in [2.05, 4.69) is 12.2 Å². The summed E-state index contributed by atoms with van der Waals surface area (Å²) in [7, 11) is 0. The number of hydrogen-bond donors (Lipinski definition) is 0. The highest BCUT2D eigenvalue weighted by Crippen LogP contribution is 2.53. The maximum absolute atomic E-state index is 11.4. The molecule has 1 heteroatoms. The van der Waals surface area contributed by atoms with Gasteiger partial charge in [-0.1, -0.05) is 12.2 Å². The van der Waals surface area contributed by atoms with Gasteiger partial charge >= 0.3 is 0 Å². The zero-order valence-electron chi connectivity index (χ0n) is 6.49. The maximum atomic E-state index is 11.4. The molecule has 0 radical (unpaired) electrons. The standard InChI is InChI=1S/C10H12O/c11-9-4-3-8-6-1-2-7(5-6)10(8)9/h1-2,6-8,10H,3-5H2/t6-,7+,8-,10-/m0/s1. The summed E-state index contributed by atoms with van der Waals surface area (Å²) < 4.78 is 0. The molecule has 0 heterocycles. The molecule has 0 N–H and O–H groups in total. The molecule has 0 amide bonds. The summed E-state index contributed by atoms with van der Waals surface area (Å²) >= 11 is 0. The molecule has 4 atom stereocenters. The number of rotatable bonds is 0. The van der Waals surface area contributed by atoms with Gasteiger partial charge in [0.05, 0.1) is 0 Å². The van der Waals surface area contributed by atoms with Gasteiger partial charge in [0, 0.05) is 12.3 Å². The number of carbonyl (C=O) groups is 1. The molecular formula is C10H12O. The van der Waals surface area contributed by atoms with Crippen molar-refractivity contribution in [1.29, 1.82) is 0 Å². The van der Waals surface area contributed by atoms with Gasteiger partial charge < -0.3 is 0 Å². The van der Waals surface area contributed by atoms with Crippen molar-refractivity contribution < 1.29 is 4.79 Å². The molecule has 0 aromatic rings. The number of carbonyl (C=O) groups excluding carboxylic acids is 1. The highest BCUT2D eigenvalue weighted by molar-refractivity contribution is 5.84. The second kappa shape index (κ2) is 1.77. The minimum Gasteiger partial charge on any atom is -0.299 e. The van der Waals surface area contributed by atoms with E-state index in [4.69, 9.17) is 0 Å². The van der Waals surface area contributed by atoms with Crippen molar-refractivity contribution >= 4 is 5.78 Å². The first-order chi connectivity index (χ1) is 5.36. The van der Waals surface area contributed by atoms with Gasteiger partial charge in [-0.15, -0.1) is 0 Å². The summed E-state index contributed by atoms with van der Waals surface area (Å²) in [5.41, 5.74) is 0. The number of ketones is 1. The first-order valence-corrected chi connectivity index (χ1v) is 4.57. The van der Waals surface area contributed by atoms with Gasteiger partial charge in [0.25, 0.3) is 0 Å². The van der Waals surface area contributed by atoms with Crippen molar-refractivity contribution in [3.8, 4) is 0 Å². The van der Waals surface area contributed by atoms with Gasteiger partial charge in [-0.2, -0.15) is 0 Å². The predicted octanol–water partition coefficient (Wildman–Crippen LogP) is 1.79. The number of fused-ring (bicyclic) bond motifs is 5. The average Bonchev–Trinajstić information content (AvgIpc) is 2.60. The Kier molecular flexibility index (Phi) is 0.961. The van der Waals surface area contributed by atoms with Crippen LogP contribution in [0, 0.1) is 23.7 Å². The smallest absolute Gasteiger partial charge is 0.136 e. The average molecular weight is 148 g/mol. The summed E-state index contributed by atoms with van der Waals surface area (Å²) in [6, 6.07) is 0. The van der Waals surface area contributed by atoms with E-state index in [0.29, 0.717) is 17.6 Å². The summed E-state index contributed by atoms with van der Waals surface area (Å²) in [5.74, 6) is 3.16. The molecule has 11 heavy (non-hydrogen) atoms. The lowest BCUT2D eigenvalue weighted by Crippen LogP contribution is -2.18. The van der Waals surface area contributed by atoms with Crippen LogP contribution in [-0.4, -0.2) is 5.78 Å². The Morgan fingerprint density at radius 2 is 2.09 bits per heavy atom. The van der Waals surface area contributed by atoms with E-state index >= 15 is 0 Å². The molecule has 58 valence electrons. The fraction of sp³-hybridized carbons (Fsp3) is 0.700. The van der Waals surface area contributed by atoms with Crippen molar-refractivity contribution in [2.45, 2.75) is 19.3 Å². The van der Waals surface area contributed by atoms with E-state index in [1.165, 1.54) is 12.8 Å². The highest BCUT2D eigenvalue weighted by Gasteiger charge is 2.50. The fourth-order valence-electron chi connectivity index (χ4n) is 3.27. The lowest BCUT2D eigenvalue weighted by Gasteiger charge is -2.17. The van der Waals surface area contributed by atoms with Gasteiger partial charge in [0.15, 0.2) is 0 Å². The van der Waals surface area contributed by atoms with Gasteiger partial charge in [0.1, 0.15) is 5.78 Å². The first-order valence-electron chi connectivity index (χ1n) is 4.57. The molecule has 3 aliphatic carbocycles. The molecule has 0 aliphatic heterocycles. The Morgan fingerprint density at radius 1 is 1.27 bits per heavy atom. The van der Waals surface area contributed by atoms with Crippen LogP contribution >= 0.6 is 0 Å². The molecular weight excluding hydrogens is 136 g/mol. The molecule has 0 aromatic carbocycles. The zero-order chi connectivity index (χ0) is 7.42. The maximum Gasteiger partial charge on any atom is 0.136 e. The molecule has 2 fully saturated rings. The zero-order valence-corrected chi connectivity index (χ0v) is 6.49. The minimum atomic E-state index is 0.449. The third kappa shape index (κ3) is 0.597. The highest BCUT2D eigenvalue weighted by atomic mass is 16.1. The van der Waals surface area contributed by atoms with Crippen LogP contribution in [0.3, 0.4) is 0 Å². The molecule has 3 rings (SSSR count). The Hall–Kier alpha value is -0.590. The molecule has 3 aliphatic rings. The largest absolute Gasteiger partial charge is 0.299 e. The number of allylic oxidation sites excluding steroid dienone is 2. The van der Waals surface area contributed by atoms with Crippen molar-refractivity contribution in [2.24, 2.45) is 23.7 Å². The molecule has 0 spiro atoms. The number of Topliss-reactive ketones (excluding diaryl/α,β-unsaturated/α-hetero) is 1. The second-order valence-corrected chi connectivity index (χ2v) is 4.14. The Labute approximate surface area is 66.5 Å². The van der Waals surface area contributed by atoms with E-state index in [0.717, 1.165) is 18.3 Å². The van der Waals surface area contributed by atoms with Crippen molar-refractivity contribution in [2.75, 3.05) is 0 Å². The van der Waals surface area contributed by atoms with Gasteiger partial charge in [-0.3, -0.25) is 4.79 Å². The Bertz CT molecular complexity index is 241. The van der Waals surface area contributed by atoms with Crippen LogP contribution in [0.25, 0.3) is 0 Å². The topological polar surface area (TPSA) is 17.1 Å². The quantitative estimate of drug-likeness (QED) is 0.479. The summed E-state index contributed by atoms with van der Waals surface area (Å²) in [6.07, 6.45) is 7.93. The monoisotopic (exact) mass is 148 g/mol. The third-order valence-electron chi connectivity index (χ3n) is 3.72. The third-order valence-corrected chi connectivity index (χ3v) is 3.72. The van der Waals surface area contributed by atoms with Crippen LogP contribution in [0.2, 0.25) is 0 Å². The molecule has 2 saturated carbocycles. The fourth-order valence-corrected chi connectivity index (χ4v) is 3.27. The normalized spacial score (nSPS) is 52.2. The molecule has 0 aromatic heterocycles. The van der Waals surface area contributed by atoms with E-state index < -0.39 is 0 Å². The predicted molar refractivity (Wildman–Crippen MR) is 42.0 cm³/mol. The molecule has 0 unspecified atom stereocenters. The lowest BCUT2D eigenvalue weighted by atomic mass is 9.86. The summed E-state index contributed by atoms with van der Waals surface area (Å²) in [4.78, 5) is 11.4. The van der Waals surface area contributed by atoms with E-state index in [1.54, 1.807) is 0 Å². The van der Waals surface area contributed by atoms with Crippen LogP contribution in [0.5, 0.6) is 0 Å². The summed E-state index contributed by atoms with van der Waals surface area (Å²) in [5, 5.41) is 0. The SMILES string of the molecule is O=C1CC[C@@H]2[C@@H]1[C@@H]1C=C[C@H]2C1. The number of hydrogen-bond acceptors (Lipinski definition) is 1. The first kappa shape index (κ1) is 5.99. The molecule has 2 bridgehead atoms. The van der Waals surface area contributed by atoms with Crippen molar-refractivity contribution in [3.05, 3.63) is 12.2 Å². The van der Waals surface area contributed by atoms with Gasteiger partial charge in [-0.25, -0.2) is 0 Å². The van der Waals surface area contributed by atoms with E-state index in [1.807, 2.05) is 0 Å². The van der Waals surface area contributed by atoms with Crippen molar-refractivity contribution in [1.82, 2.24) is 0 Å². The summed E-state index contributed by atoms with van der Waals surface area (Å²) in [6.45, 7) is 0. The second-order valence-electron chi connectivity index (χ2n) is 4.14. The van der Waals surface area contributed by atoms with Crippen LogP contribution in [0.15, 0.2) is 12.2 Å². The Balaban J connectivity index is 2.03. The Morgan fingerprint density at radius 3 is 2.91 bits per heavy atom. The van der Waals surface area contributed by atoms with Crippen LogP contribution in [-0.2, 0) is 4.79 Å². The lowest BCUT2D eigenvalue weighted by molar-refractivity contribution is -0.121. The van der Waals surface area contributed by atoms with Crippen LogP contribution < -0.4 is 0 Å². The molecule has 0 saturated heterocycles. The van der Waals surface area contributed by atoms with Crippen LogP contribution in [0.4, 0.5) is 0 Å². The minimum absolute atomic E-state index is 0.449. The van der Waals surface area contributed by atoms with E-state index in [-0.39, 0.29) is 0 Å². The van der Waals surface area contributed by atoms with Crippen LogP contribution in [0.1, 0.15) is 19.3 Å². The molecule has 1 nitrogen and oxygen atoms in total. The van der Waals surface area contributed by atoms with Gasteiger partial charge in [-0.05, 0) is 30.6 Å². The van der Waals surface area contributed by atoms with Gasteiger partial charge in [0.2, 0.25) is 0 Å².